The molecule has 2 atom stereocenters. The molecule has 1 aromatic heterocycles. The molecule has 0 spiro atoms. The van der Waals surface area contributed by atoms with Gasteiger partial charge in [0.05, 0.1) is 6.04 Å². The lowest BCUT2D eigenvalue weighted by atomic mass is 9.93. The Bertz CT molecular complexity index is 854. The van der Waals surface area contributed by atoms with Crippen LogP contribution in [0.3, 0.4) is 0 Å². The first-order chi connectivity index (χ1) is 13.2. The largest absolute Gasteiger partial charge is 0.372 e. The Kier molecular flexibility index (Phi) is 5.42. The van der Waals surface area contributed by atoms with Crippen LogP contribution in [0.1, 0.15) is 49.7 Å². The molecule has 3 N–H and O–H groups in total. The van der Waals surface area contributed by atoms with Gasteiger partial charge in [-0.3, -0.25) is 9.59 Å². The van der Waals surface area contributed by atoms with Crippen molar-refractivity contribution in [1.82, 2.24) is 10.5 Å². The normalized spacial score (nSPS) is 18.2. The summed E-state index contributed by atoms with van der Waals surface area (Å²) in [7, 11) is 1.56. The van der Waals surface area contributed by atoms with Gasteiger partial charge in [-0.15, -0.1) is 0 Å². The SMILES string of the molecule is CNC(=O)c1ccc(N2C(=O)CC[C@H]2C(O)Nc2cc(C(C)(C)C)on2)cc1. The van der Waals surface area contributed by atoms with Crippen molar-refractivity contribution < 1.29 is 19.2 Å². The molecule has 1 saturated heterocycles. The number of benzene rings is 1. The average Bonchev–Trinajstić information content (AvgIpc) is 3.27. The molecule has 1 aliphatic rings. The Labute approximate surface area is 163 Å². The van der Waals surface area contributed by atoms with Crippen LogP contribution in [0.25, 0.3) is 0 Å². The Morgan fingerprint density at radius 2 is 2.00 bits per heavy atom. The zero-order valence-corrected chi connectivity index (χ0v) is 16.5. The molecule has 2 amide bonds. The molecule has 1 fully saturated rings. The summed E-state index contributed by atoms with van der Waals surface area (Å²) in [6.07, 6.45) is -0.163. The van der Waals surface area contributed by atoms with Gasteiger partial charge in [0.25, 0.3) is 5.91 Å². The van der Waals surface area contributed by atoms with E-state index in [0.29, 0.717) is 35.7 Å². The molecule has 0 aliphatic carbocycles. The number of rotatable bonds is 5. The summed E-state index contributed by atoms with van der Waals surface area (Å²) in [4.78, 5) is 25.7. The van der Waals surface area contributed by atoms with Gasteiger partial charge in [0.1, 0.15) is 12.0 Å². The summed E-state index contributed by atoms with van der Waals surface area (Å²) in [5, 5.41) is 20.1. The fraction of sp³-hybridized carbons (Fsp3) is 0.450. The molecule has 2 heterocycles. The summed E-state index contributed by atoms with van der Waals surface area (Å²) >= 11 is 0. The van der Waals surface area contributed by atoms with Crippen LogP contribution < -0.4 is 15.5 Å². The van der Waals surface area contributed by atoms with Crippen LogP contribution in [0.2, 0.25) is 0 Å². The third kappa shape index (κ3) is 4.01. The van der Waals surface area contributed by atoms with Gasteiger partial charge < -0.3 is 25.2 Å². The predicted molar refractivity (Wildman–Crippen MR) is 105 cm³/mol. The zero-order chi connectivity index (χ0) is 20.5. The van der Waals surface area contributed by atoms with Crippen molar-refractivity contribution in [3.05, 3.63) is 41.7 Å². The van der Waals surface area contributed by atoms with Crippen molar-refractivity contribution in [3.63, 3.8) is 0 Å². The standard InChI is InChI=1S/C20H26N4O4/c1-20(2,3)15-11-16(23-28-15)22-19(27)14-9-10-17(25)24(14)13-7-5-12(6-8-13)18(26)21-4/h5-8,11,14,19,27H,9-10H2,1-4H3,(H,21,26)(H,22,23)/t14-,19?/m0/s1. The number of aliphatic hydroxyl groups excluding tert-OH is 1. The highest BCUT2D eigenvalue weighted by atomic mass is 16.5. The van der Waals surface area contributed by atoms with Crippen molar-refractivity contribution in [2.24, 2.45) is 0 Å². The van der Waals surface area contributed by atoms with Gasteiger partial charge in [-0.25, -0.2) is 0 Å². The minimum Gasteiger partial charge on any atom is -0.372 e. The maximum atomic E-state index is 12.4. The minimum absolute atomic E-state index is 0.0749. The summed E-state index contributed by atoms with van der Waals surface area (Å²) in [6.45, 7) is 6.02. The number of hydrogen-bond donors (Lipinski definition) is 3. The van der Waals surface area contributed by atoms with Crippen molar-refractivity contribution >= 4 is 23.3 Å². The summed E-state index contributed by atoms with van der Waals surface area (Å²) in [5.74, 6) is 0.852. The minimum atomic E-state index is -1.01. The molecule has 0 bridgehead atoms. The lowest BCUT2D eigenvalue weighted by molar-refractivity contribution is -0.117. The van der Waals surface area contributed by atoms with E-state index >= 15 is 0 Å². The van der Waals surface area contributed by atoms with E-state index in [1.54, 1.807) is 42.3 Å². The second-order valence-electron chi connectivity index (χ2n) is 7.91. The van der Waals surface area contributed by atoms with E-state index in [9.17, 15) is 14.7 Å². The van der Waals surface area contributed by atoms with Crippen LogP contribution >= 0.6 is 0 Å². The van der Waals surface area contributed by atoms with E-state index in [0.717, 1.165) is 0 Å². The number of carbonyl (C=O) groups is 2. The van der Waals surface area contributed by atoms with Crippen LogP contribution in [-0.4, -0.2) is 41.4 Å². The molecule has 8 heteroatoms. The third-order valence-corrected chi connectivity index (χ3v) is 4.80. The Morgan fingerprint density at radius 1 is 1.32 bits per heavy atom. The number of anilines is 2. The molecule has 1 unspecified atom stereocenters. The lowest BCUT2D eigenvalue weighted by Crippen LogP contribution is -2.45. The molecular formula is C20H26N4O4. The topological polar surface area (TPSA) is 108 Å². The Hall–Kier alpha value is -2.87. The van der Waals surface area contributed by atoms with E-state index < -0.39 is 12.3 Å². The van der Waals surface area contributed by atoms with Crippen LogP contribution in [0.15, 0.2) is 34.9 Å². The highest BCUT2D eigenvalue weighted by Gasteiger charge is 2.37. The lowest BCUT2D eigenvalue weighted by Gasteiger charge is -2.29. The van der Waals surface area contributed by atoms with Crippen LogP contribution in [0.5, 0.6) is 0 Å². The molecule has 0 saturated carbocycles. The van der Waals surface area contributed by atoms with E-state index in [1.165, 1.54) is 0 Å². The first-order valence-corrected chi connectivity index (χ1v) is 9.26. The zero-order valence-electron chi connectivity index (χ0n) is 16.5. The number of carbonyl (C=O) groups excluding carboxylic acids is 2. The Balaban J connectivity index is 1.76. The van der Waals surface area contributed by atoms with Crippen molar-refractivity contribution in [1.29, 1.82) is 0 Å². The van der Waals surface area contributed by atoms with Crippen LogP contribution in [0, 0.1) is 0 Å². The molecule has 28 heavy (non-hydrogen) atoms. The number of nitrogens with zero attached hydrogens (tertiary/aromatic N) is 2. The highest BCUT2D eigenvalue weighted by molar-refractivity contribution is 5.98. The third-order valence-electron chi connectivity index (χ3n) is 4.80. The van der Waals surface area contributed by atoms with Crippen molar-refractivity contribution in [3.8, 4) is 0 Å². The molecule has 1 aliphatic heterocycles. The number of amides is 2. The monoisotopic (exact) mass is 386 g/mol. The first kappa shape index (κ1) is 19.9. The molecule has 3 rings (SSSR count). The van der Waals surface area contributed by atoms with Gasteiger partial charge in [0.2, 0.25) is 5.91 Å². The summed E-state index contributed by atoms with van der Waals surface area (Å²) < 4.78 is 5.33. The smallest absolute Gasteiger partial charge is 0.251 e. The van der Waals surface area contributed by atoms with E-state index in [1.807, 2.05) is 20.8 Å². The number of aromatic nitrogens is 1. The van der Waals surface area contributed by atoms with Gasteiger partial charge in [-0.1, -0.05) is 25.9 Å². The molecule has 8 nitrogen and oxygen atoms in total. The van der Waals surface area contributed by atoms with Crippen molar-refractivity contribution in [2.75, 3.05) is 17.3 Å². The van der Waals surface area contributed by atoms with Gasteiger partial charge in [0.15, 0.2) is 5.82 Å². The molecule has 2 aromatic rings. The summed E-state index contributed by atoms with van der Waals surface area (Å²) in [6, 6.07) is 8.03. The maximum Gasteiger partial charge on any atom is 0.251 e. The second-order valence-corrected chi connectivity index (χ2v) is 7.91. The molecule has 150 valence electrons. The van der Waals surface area contributed by atoms with E-state index in [2.05, 4.69) is 15.8 Å². The Morgan fingerprint density at radius 3 is 2.57 bits per heavy atom. The van der Waals surface area contributed by atoms with Gasteiger partial charge in [-0.2, -0.15) is 0 Å². The maximum absolute atomic E-state index is 12.4. The predicted octanol–water partition coefficient (Wildman–Crippen LogP) is 2.26. The van der Waals surface area contributed by atoms with Gasteiger partial charge >= 0.3 is 0 Å². The van der Waals surface area contributed by atoms with Crippen LogP contribution in [-0.2, 0) is 10.2 Å². The first-order valence-electron chi connectivity index (χ1n) is 9.26. The molecule has 1 aromatic carbocycles. The fourth-order valence-corrected chi connectivity index (χ4v) is 3.20. The number of aliphatic hydroxyl groups is 1. The second kappa shape index (κ2) is 7.63. The molecular weight excluding hydrogens is 360 g/mol. The van der Waals surface area contributed by atoms with Gasteiger partial charge in [-0.05, 0) is 30.7 Å². The molecule has 0 radical (unpaired) electrons. The number of hydrogen-bond acceptors (Lipinski definition) is 6. The summed E-state index contributed by atoms with van der Waals surface area (Å²) in [5.41, 5.74) is 0.946. The average molecular weight is 386 g/mol. The van der Waals surface area contributed by atoms with Gasteiger partial charge in [0, 0.05) is 36.2 Å². The van der Waals surface area contributed by atoms with E-state index in [4.69, 9.17) is 4.52 Å². The van der Waals surface area contributed by atoms with Crippen molar-refractivity contribution in [2.45, 2.75) is 51.3 Å². The van der Waals surface area contributed by atoms with Crippen LogP contribution in [0.4, 0.5) is 11.5 Å². The van der Waals surface area contributed by atoms with E-state index in [-0.39, 0.29) is 17.2 Å². The fourth-order valence-electron chi connectivity index (χ4n) is 3.20. The highest BCUT2D eigenvalue weighted by Crippen LogP contribution is 2.30. The quantitative estimate of drug-likeness (QED) is 0.681. The number of nitrogens with one attached hydrogen (secondary N) is 2.